The quantitative estimate of drug-likeness (QED) is 0.342. The molecule has 0 saturated heterocycles. The van der Waals surface area contributed by atoms with Gasteiger partial charge >= 0.3 is 0 Å². The number of hydrogen-bond acceptors (Lipinski definition) is 4. The van der Waals surface area contributed by atoms with Gasteiger partial charge in [-0.1, -0.05) is 6.07 Å². The molecule has 0 atom stereocenters. The van der Waals surface area contributed by atoms with Gasteiger partial charge in [-0.2, -0.15) is 0 Å². The minimum absolute atomic E-state index is 0.0842. The van der Waals surface area contributed by atoms with E-state index in [2.05, 4.69) is 4.98 Å². The summed E-state index contributed by atoms with van der Waals surface area (Å²) in [6, 6.07) is 8.17. The van der Waals surface area contributed by atoms with E-state index in [4.69, 9.17) is 4.42 Å². The van der Waals surface area contributed by atoms with Crippen molar-refractivity contribution < 1.29 is 26.8 Å². The number of oxazole rings is 1. The second kappa shape index (κ2) is 7.67. The first-order valence-electron chi connectivity index (χ1n) is 8.91. The van der Waals surface area contributed by atoms with Crippen LogP contribution in [0.2, 0.25) is 0 Å². The third-order valence-electron chi connectivity index (χ3n) is 4.47. The van der Waals surface area contributed by atoms with Crippen molar-refractivity contribution in [2.45, 2.75) is 6.92 Å². The molecule has 156 valence electrons. The number of aromatic nitrogens is 2. The number of benzene rings is 2. The summed E-state index contributed by atoms with van der Waals surface area (Å²) < 4.78 is 62.4. The van der Waals surface area contributed by atoms with Crippen molar-refractivity contribution in [2.24, 2.45) is 0 Å². The molecule has 2 heterocycles. The van der Waals surface area contributed by atoms with E-state index in [0.29, 0.717) is 6.07 Å². The van der Waals surface area contributed by atoms with Crippen LogP contribution in [-0.2, 0) is 0 Å². The van der Waals surface area contributed by atoms with Gasteiger partial charge in [-0.3, -0.25) is 14.2 Å². The summed E-state index contributed by atoms with van der Waals surface area (Å²) in [4.78, 5) is 28.1. The van der Waals surface area contributed by atoms with Crippen molar-refractivity contribution in [3.63, 3.8) is 0 Å². The lowest BCUT2D eigenvalue weighted by molar-refractivity contribution is 0.0981. The van der Waals surface area contributed by atoms with Gasteiger partial charge in [-0.15, -0.1) is 0 Å². The average molecular weight is 428 g/mol. The Morgan fingerprint density at radius 1 is 0.968 bits per heavy atom. The Morgan fingerprint density at radius 3 is 2.32 bits per heavy atom. The molecule has 9 heteroatoms. The summed E-state index contributed by atoms with van der Waals surface area (Å²) in [7, 11) is 0. The Labute approximate surface area is 172 Å². The van der Waals surface area contributed by atoms with E-state index in [9.17, 15) is 27.2 Å². The van der Waals surface area contributed by atoms with Crippen molar-refractivity contribution in [3.05, 3.63) is 94.2 Å². The molecule has 0 bridgehead atoms. The first kappa shape index (κ1) is 20.3. The Morgan fingerprint density at radius 2 is 1.68 bits per heavy atom. The topological polar surface area (TPSA) is 65.1 Å². The van der Waals surface area contributed by atoms with Crippen molar-refractivity contribution >= 4 is 5.78 Å². The lowest BCUT2D eigenvalue weighted by atomic mass is 10.1. The number of carbonyl (C=O) groups excluding carboxylic acids is 1. The lowest BCUT2D eigenvalue weighted by Crippen LogP contribution is -2.19. The number of ketones is 1. The zero-order chi connectivity index (χ0) is 22.3. The predicted octanol–water partition coefficient (Wildman–Crippen LogP) is 4.92. The maximum Gasteiger partial charge on any atom is 0.263 e. The highest BCUT2D eigenvalue weighted by molar-refractivity contribution is 5.91. The van der Waals surface area contributed by atoms with Crippen LogP contribution in [0.3, 0.4) is 0 Å². The van der Waals surface area contributed by atoms with Crippen LogP contribution >= 0.6 is 0 Å². The van der Waals surface area contributed by atoms with E-state index >= 15 is 0 Å². The van der Waals surface area contributed by atoms with E-state index in [1.165, 1.54) is 13.0 Å². The van der Waals surface area contributed by atoms with Crippen molar-refractivity contribution in [1.82, 2.24) is 9.55 Å². The molecule has 31 heavy (non-hydrogen) atoms. The summed E-state index contributed by atoms with van der Waals surface area (Å²) >= 11 is 0. The van der Waals surface area contributed by atoms with Gasteiger partial charge in [0.15, 0.2) is 5.76 Å². The first-order chi connectivity index (χ1) is 14.8. The second-order valence-electron chi connectivity index (χ2n) is 6.57. The van der Waals surface area contributed by atoms with Crippen molar-refractivity contribution in [1.29, 1.82) is 0 Å². The molecular weight excluding hydrogens is 416 g/mol. The van der Waals surface area contributed by atoms with E-state index in [1.54, 1.807) is 0 Å². The van der Waals surface area contributed by atoms with Gasteiger partial charge in [0, 0.05) is 36.4 Å². The number of carbonyl (C=O) groups is 1. The smallest absolute Gasteiger partial charge is 0.263 e. The van der Waals surface area contributed by atoms with Crippen molar-refractivity contribution in [2.75, 3.05) is 0 Å². The molecule has 2 aromatic heterocycles. The van der Waals surface area contributed by atoms with E-state index < -0.39 is 40.3 Å². The molecular formula is C22H12F4N2O3. The fourth-order valence-electron chi connectivity index (χ4n) is 3.05. The van der Waals surface area contributed by atoms with Crippen molar-refractivity contribution in [3.8, 4) is 28.3 Å². The minimum atomic E-state index is -0.981. The van der Waals surface area contributed by atoms with E-state index in [1.807, 2.05) is 0 Å². The maximum absolute atomic E-state index is 14.4. The van der Waals surface area contributed by atoms with Crippen LogP contribution < -0.4 is 5.56 Å². The number of halogens is 4. The third kappa shape index (κ3) is 3.65. The maximum atomic E-state index is 14.4. The largest absolute Gasteiger partial charge is 0.433 e. The molecule has 0 N–H and O–H groups in total. The Bertz CT molecular complexity index is 1370. The van der Waals surface area contributed by atoms with Gasteiger partial charge in [0.2, 0.25) is 5.78 Å². The minimum Gasteiger partial charge on any atom is -0.433 e. The Kier molecular flexibility index (Phi) is 5.02. The van der Waals surface area contributed by atoms with Gasteiger partial charge in [0.05, 0.1) is 0 Å². The summed E-state index contributed by atoms with van der Waals surface area (Å²) in [6.45, 7) is 1.18. The van der Waals surface area contributed by atoms with Crippen LogP contribution in [0.5, 0.6) is 0 Å². The first-order valence-corrected chi connectivity index (χ1v) is 8.91. The van der Waals surface area contributed by atoms with E-state index in [0.717, 1.165) is 47.2 Å². The number of nitrogens with zero attached hydrogens (tertiary/aromatic N) is 2. The van der Waals surface area contributed by atoms with E-state index in [-0.39, 0.29) is 28.5 Å². The zero-order valence-electron chi connectivity index (χ0n) is 15.8. The lowest BCUT2D eigenvalue weighted by Gasteiger charge is -2.10. The number of rotatable bonds is 4. The van der Waals surface area contributed by atoms with Gasteiger partial charge in [-0.05, 0) is 30.3 Å². The van der Waals surface area contributed by atoms with Crippen LogP contribution in [-0.4, -0.2) is 15.3 Å². The molecule has 0 saturated carbocycles. The zero-order valence-corrected chi connectivity index (χ0v) is 15.8. The highest BCUT2D eigenvalue weighted by Crippen LogP contribution is 2.34. The normalized spacial score (nSPS) is 11.0. The molecule has 0 aliphatic carbocycles. The van der Waals surface area contributed by atoms with Crippen LogP contribution in [0.1, 0.15) is 17.6 Å². The molecule has 0 unspecified atom stereocenters. The summed E-state index contributed by atoms with van der Waals surface area (Å²) in [5.74, 6) is -4.80. The monoisotopic (exact) mass is 428 g/mol. The molecule has 0 fully saturated rings. The van der Waals surface area contributed by atoms with Crippen LogP contribution in [0.15, 0.2) is 63.9 Å². The van der Waals surface area contributed by atoms with Crippen LogP contribution in [0.4, 0.5) is 17.6 Å². The molecule has 5 nitrogen and oxygen atoms in total. The number of Topliss-reactive ketones (excluding diaryl/α,β-unsaturated/α-hetero) is 1. The molecule has 0 spiro atoms. The SMILES string of the molecule is CC(=O)c1nc(-c2ccc(F)cc2F)c(-c2ccc(=O)n(-c3c(F)cccc3F)c2)o1. The Balaban J connectivity index is 1.97. The average Bonchev–Trinajstić information content (AvgIpc) is 3.14. The number of pyridine rings is 1. The van der Waals surface area contributed by atoms with Crippen LogP contribution in [0, 0.1) is 23.3 Å². The molecule has 0 radical (unpaired) electrons. The highest BCUT2D eigenvalue weighted by atomic mass is 19.1. The fourth-order valence-corrected chi connectivity index (χ4v) is 3.05. The fraction of sp³-hybridized carbons (Fsp3) is 0.0455. The summed E-state index contributed by atoms with van der Waals surface area (Å²) in [5.41, 5.74) is -1.57. The van der Waals surface area contributed by atoms with Gasteiger partial charge in [0.1, 0.15) is 34.7 Å². The van der Waals surface area contributed by atoms with Gasteiger partial charge in [-0.25, -0.2) is 22.5 Å². The number of hydrogen-bond donors (Lipinski definition) is 0. The molecule has 4 rings (SSSR count). The molecule has 0 amide bonds. The molecule has 2 aromatic carbocycles. The Hall–Kier alpha value is -4.01. The van der Waals surface area contributed by atoms with Gasteiger partial charge < -0.3 is 4.42 Å². The summed E-state index contributed by atoms with van der Waals surface area (Å²) in [6.07, 6.45) is 1.08. The highest BCUT2D eigenvalue weighted by Gasteiger charge is 2.23. The third-order valence-corrected chi connectivity index (χ3v) is 4.47. The van der Waals surface area contributed by atoms with Gasteiger partial charge in [0.25, 0.3) is 11.4 Å². The molecule has 0 aliphatic heterocycles. The second-order valence-corrected chi connectivity index (χ2v) is 6.57. The molecule has 0 aliphatic rings. The summed E-state index contributed by atoms with van der Waals surface area (Å²) in [5, 5.41) is 0. The number of para-hydroxylation sites is 1. The van der Waals surface area contributed by atoms with Crippen LogP contribution in [0.25, 0.3) is 28.3 Å². The standard InChI is InChI=1S/C22H12F4N2O3/c1-11(29)22-27-19(14-7-6-13(23)9-17(14)26)21(31-22)12-5-8-18(30)28(10-12)20-15(24)3-2-4-16(20)25/h2-10H,1H3. The molecule has 4 aromatic rings. The predicted molar refractivity (Wildman–Crippen MR) is 103 cm³/mol.